The number of amides is 1. The molecule has 0 bridgehead atoms. The van der Waals surface area contributed by atoms with Gasteiger partial charge in [-0.05, 0) is 35.0 Å². The molecule has 5 nitrogen and oxygen atoms in total. The highest BCUT2D eigenvalue weighted by atomic mass is 16.5. The van der Waals surface area contributed by atoms with Crippen molar-refractivity contribution >= 4 is 22.9 Å². The highest BCUT2D eigenvalue weighted by Crippen LogP contribution is 2.22. The van der Waals surface area contributed by atoms with Gasteiger partial charge in [-0.2, -0.15) is 5.10 Å². The van der Waals surface area contributed by atoms with Crippen molar-refractivity contribution in [1.29, 1.82) is 0 Å². The van der Waals surface area contributed by atoms with Gasteiger partial charge in [0.1, 0.15) is 11.5 Å². The molecule has 1 amide bonds. The number of hydrazone groups is 1. The number of carbonyl (C=O) groups excluding carboxylic acids is 1. The van der Waals surface area contributed by atoms with Crippen molar-refractivity contribution in [2.75, 3.05) is 14.2 Å². The average molecular weight is 334 g/mol. The summed E-state index contributed by atoms with van der Waals surface area (Å²) < 4.78 is 10.5. The Bertz CT molecular complexity index is 930. The van der Waals surface area contributed by atoms with E-state index < -0.39 is 0 Å². The summed E-state index contributed by atoms with van der Waals surface area (Å²) in [6.07, 6.45) is 1.53. The molecular weight excluding hydrogens is 316 g/mol. The van der Waals surface area contributed by atoms with Crippen LogP contribution in [0.2, 0.25) is 0 Å². The van der Waals surface area contributed by atoms with Crippen molar-refractivity contribution in [2.45, 2.75) is 0 Å². The maximum Gasteiger partial charge on any atom is 0.271 e. The monoisotopic (exact) mass is 334 g/mol. The summed E-state index contributed by atoms with van der Waals surface area (Å²) in [6, 6.07) is 18.7. The van der Waals surface area contributed by atoms with Crippen LogP contribution in [0.3, 0.4) is 0 Å². The Balaban J connectivity index is 1.81. The molecular formula is C20H18N2O3. The smallest absolute Gasteiger partial charge is 0.271 e. The molecule has 0 spiro atoms. The number of methoxy groups -OCH3 is 2. The maximum absolute atomic E-state index is 12.4. The van der Waals surface area contributed by atoms with Crippen LogP contribution in [0.4, 0.5) is 0 Å². The Morgan fingerprint density at radius 3 is 2.60 bits per heavy atom. The molecule has 0 aliphatic rings. The van der Waals surface area contributed by atoms with Gasteiger partial charge in [-0.25, -0.2) is 5.43 Å². The molecule has 0 aliphatic carbocycles. The van der Waals surface area contributed by atoms with E-state index in [-0.39, 0.29) is 5.91 Å². The Kier molecular flexibility index (Phi) is 4.95. The highest BCUT2D eigenvalue weighted by Gasteiger charge is 2.08. The molecule has 0 aromatic heterocycles. The van der Waals surface area contributed by atoms with Crippen LogP contribution in [-0.4, -0.2) is 26.3 Å². The summed E-state index contributed by atoms with van der Waals surface area (Å²) >= 11 is 0. The lowest BCUT2D eigenvalue weighted by Gasteiger charge is -2.07. The second-order valence-corrected chi connectivity index (χ2v) is 5.33. The molecule has 0 atom stereocenters. The van der Waals surface area contributed by atoms with Crippen LogP contribution in [0.25, 0.3) is 10.8 Å². The summed E-state index contributed by atoms with van der Waals surface area (Å²) in [5.74, 6) is 1.06. The fraction of sp³-hybridized carbons (Fsp3) is 0.100. The number of hydrogen-bond acceptors (Lipinski definition) is 4. The normalized spacial score (nSPS) is 10.8. The third-order valence-corrected chi connectivity index (χ3v) is 3.84. The first kappa shape index (κ1) is 16.5. The summed E-state index contributed by atoms with van der Waals surface area (Å²) in [5, 5.41) is 5.94. The number of ether oxygens (including phenoxy) is 2. The second kappa shape index (κ2) is 7.49. The summed E-state index contributed by atoms with van der Waals surface area (Å²) in [7, 11) is 3.17. The zero-order chi connectivity index (χ0) is 17.6. The fourth-order valence-electron chi connectivity index (χ4n) is 2.58. The van der Waals surface area contributed by atoms with Gasteiger partial charge in [0.15, 0.2) is 0 Å². The van der Waals surface area contributed by atoms with Crippen molar-refractivity contribution < 1.29 is 14.3 Å². The van der Waals surface area contributed by atoms with E-state index >= 15 is 0 Å². The molecule has 1 N–H and O–H groups in total. The van der Waals surface area contributed by atoms with Crippen molar-refractivity contribution in [2.24, 2.45) is 5.10 Å². The van der Waals surface area contributed by atoms with Crippen LogP contribution in [0.5, 0.6) is 11.5 Å². The highest BCUT2D eigenvalue weighted by molar-refractivity contribution is 6.07. The molecule has 3 rings (SSSR count). The summed E-state index contributed by atoms with van der Waals surface area (Å²) in [5.41, 5.74) is 3.85. The van der Waals surface area contributed by atoms with Gasteiger partial charge in [0.25, 0.3) is 5.91 Å². The van der Waals surface area contributed by atoms with E-state index in [1.807, 2.05) is 36.4 Å². The van der Waals surface area contributed by atoms with Crippen LogP contribution < -0.4 is 14.9 Å². The van der Waals surface area contributed by atoms with Crippen LogP contribution in [0, 0.1) is 0 Å². The number of carbonyl (C=O) groups is 1. The topological polar surface area (TPSA) is 59.9 Å². The van der Waals surface area contributed by atoms with Gasteiger partial charge >= 0.3 is 0 Å². The van der Waals surface area contributed by atoms with Crippen LogP contribution in [-0.2, 0) is 0 Å². The van der Waals surface area contributed by atoms with Crippen LogP contribution in [0.15, 0.2) is 65.8 Å². The van der Waals surface area contributed by atoms with Gasteiger partial charge in [-0.1, -0.05) is 36.4 Å². The van der Waals surface area contributed by atoms with E-state index in [4.69, 9.17) is 9.47 Å². The van der Waals surface area contributed by atoms with E-state index in [0.717, 1.165) is 10.8 Å². The maximum atomic E-state index is 12.4. The zero-order valence-electron chi connectivity index (χ0n) is 14.0. The van der Waals surface area contributed by atoms with Gasteiger partial charge < -0.3 is 9.47 Å². The SMILES string of the molecule is COc1ccc(OC)c(/C=N/NC(=O)c2cccc3ccccc23)c1. The number of nitrogens with one attached hydrogen (secondary N) is 1. The van der Waals surface area contributed by atoms with Crippen LogP contribution in [0.1, 0.15) is 15.9 Å². The summed E-state index contributed by atoms with van der Waals surface area (Å²) in [4.78, 5) is 12.4. The van der Waals surface area contributed by atoms with E-state index in [2.05, 4.69) is 10.5 Å². The van der Waals surface area contributed by atoms with Gasteiger partial charge in [0.2, 0.25) is 0 Å². The first-order valence-electron chi connectivity index (χ1n) is 7.76. The van der Waals surface area contributed by atoms with Gasteiger partial charge in [-0.15, -0.1) is 0 Å². The molecule has 0 heterocycles. The molecule has 0 unspecified atom stereocenters. The Hall–Kier alpha value is -3.34. The van der Waals surface area contributed by atoms with Crippen molar-refractivity contribution in [3.05, 3.63) is 71.8 Å². The van der Waals surface area contributed by atoms with E-state index in [9.17, 15) is 4.79 Å². The lowest BCUT2D eigenvalue weighted by molar-refractivity contribution is 0.0957. The molecule has 0 aliphatic heterocycles. The lowest BCUT2D eigenvalue weighted by atomic mass is 10.0. The molecule has 3 aromatic carbocycles. The fourth-order valence-corrected chi connectivity index (χ4v) is 2.58. The first-order valence-corrected chi connectivity index (χ1v) is 7.76. The molecule has 0 saturated heterocycles. The lowest BCUT2D eigenvalue weighted by Crippen LogP contribution is -2.18. The Labute approximate surface area is 145 Å². The Morgan fingerprint density at radius 1 is 1.00 bits per heavy atom. The molecule has 126 valence electrons. The third-order valence-electron chi connectivity index (χ3n) is 3.84. The zero-order valence-corrected chi connectivity index (χ0v) is 14.0. The molecule has 0 radical (unpaired) electrons. The Morgan fingerprint density at radius 2 is 1.80 bits per heavy atom. The van der Waals surface area contributed by atoms with E-state index in [1.54, 1.807) is 38.5 Å². The minimum Gasteiger partial charge on any atom is -0.497 e. The molecule has 5 heteroatoms. The molecule has 0 saturated carbocycles. The predicted octanol–water partition coefficient (Wildman–Crippen LogP) is 3.62. The second-order valence-electron chi connectivity index (χ2n) is 5.33. The average Bonchev–Trinajstić information content (AvgIpc) is 2.67. The number of nitrogens with zero attached hydrogens (tertiary/aromatic N) is 1. The predicted molar refractivity (Wildman–Crippen MR) is 98.6 cm³/mol. The quantitative estimate of drug-likeness (QED) is 0.573. The van der Waals surface area contributed by atoms with Gasteiger partial charge in [0.05, 0.1) is 20.4 Å². The standard InChI is InChI=1S/C20H18N2O3/c1-24-16-10-11-19(25-2)15(12-16)13-21-22-20(23)18-9-5-7-14-6-3-4-8-17(14)18/h3-13H,1-2H3,(H,22,23)/b21-13+. The number of hydrogen-bond donors (Lipinski definition) is 1. The minimum atomic E-state index is -0.269. The largest absolute Gasteiger partial charge is 0.497 e. The van der Waals surface area contributed by atoms with Gasteiger partial charge in [0, 0.05) is 11.1 Å². The van der Waals surface area contributed by atoms with Gasteiger partial charge in [-0.3, -0.25) is 4.79 Å². The molecule has 3 aromatic rings. The minimum absolute atomic E-state index is 0.269. The number of rotatable bonds is 5. The van der Waals surface area contributed by atoms with Crippen molar-refractivity contribution in [1.82, 2.24) is 5.43 Å². The number of fused-ring (bicyclic) bond motifs is 1. The van der Waals surface area contributed by atoms with Crippen molar-refractivity contribution in [3.8, 4) is 11.5 Å². The summed E-state index contributed by atoms with van der Waals surface area (Å²) in [6.45, 7) is 0. The molecule has 0 fully saturated rings. The van der Waals surface area contributed by atoms with Crippen molar-refractivity contribution in [3.63, 3.8) is 0 Å². The molecule has 25 heavy (non-hydrogen) atoms. The number of benzene rings is 3. The van der Waals surface area contributed by atoms with E-state index in [1.165, 1.54) is 6.21 Å². The first-order chi connectivity index (χ1) is 12.2. The third kappa shape index (κ3) is 3.61. The van der Waals surface area contributed by atoms with E-state index in [0.29, 0.717) is 22.6 Å². The van der Waals surface area contributed by atoms with Crippen LogP contribution >= 0.6 is 0 Å².